The van der Waals surface area contributed by atoms with Crippen LogP contribution in [0.5, 0.6) is 0 Å². The first kappa shape index (κ1) is 17.2. The van der Waals surface area contributed by atoms with Crippen LogP contribution in [-0.2, 0) is 14.3 Å². The molecule has 5 nitrogen and oxygen atoms in total. The van der Waals surface area contributed by atoms with E-state index in [2.05, 4.69) is 0 Å². The molecule has 0 N–H and O–H groups in total. The Hall–Kier alpha value is -2.66. The van der Waals surface area contributed by atoms with Crippen molar-refractivity contribution in [3.63, 3.8) is 0 Å². The molecular formula is C20H22N2O3. The van der Waals surface area contributed by atoms with Gasteiger partial charge in [-0.1, -0.05) is 42.5 Å². The van der Waals surface area contributed by atoms with Gasteiger partial charge in [-0.15, -0.1) is 0 Å². The SMILES string of the molecule is CO[C@H](C(=O)N1C[C@H](C)N(C(C)=O)c2ccccc21)c1ccccc1. The van der Waals surface area contributed by atoms with Crippen LogP contribution in [0.4, 0.5) is 11.4 Å². The molecule has 0 radical (unpaired) electrons. The summed E-state index contributed by atoms with van der Waals surface area (Å²) < 4.78 is 5.50. The standard InChI is InChI=1S/C20H22N2O3/c1-14-13-21(17-11-7-8-12-18(17)22(14)15(2)23)20(24)19(25-3)16-9-5-4-6-10-16/h4-12,14,19H,13H2,1-3H3/t14-,19-/m0/s1. The van der Waals surface area contributed by atoms with Crippen LogP contribution in [0, 0.1) is 0 Å². The zero-order valence-corrected chi connectivity index (χ0v) is 14.7. The number of rotatable bonds is 3. The lowest BCUT2D eigenvalue weighted by Crippen LogP contribution is -2.52. The zero-order valence-electron chi connectivity index (χ0n) is 14.7. The highest BCUT2D eigenvalue weighted by molar-refractivity contribution is 6.05. The van der Waals surface area contributed by atoms with Crippen molar-refractivity contribution in [1.29, 1.82) is 0 Å². The molecule has 0 aromatic heterocycles. The fourth-order valence-electron chi connectivity index (χ4n) is 3.42. The van der Waals surface area contributed by atoms with E-state index in [-0.39, 0.29) is 17.9 Å². The van der Waals surface area contributed by atoms with E-state index in [1.54, 1.807) is 16.7 Å². The smallest absolute Gasteiger partial charge is 0.260 e. The largest absolute Gasteiger partial charge is 0.367 e. The third-order valence-electron chi connectivity index (χ3n) is 4.49. The van der Waals surface area contributed by atoms with Crippen molar-refractivity contribution in [2.75, 3.05) is 23.5 Å². The van der Waals surface area contributed by atoms with Gasteiger partial charge in [0.05, 0.1) is 17.4 Å². The molecule has 0 saturated heterocycles. The summed E-state index contributed by atoms with van der Waals surface area (Å²) in [5.41, 5.74) is 2.30. The van der Waals surface area contributed by atoms with Gasteiger partial charge in [0.1, 0.15) is 0 Å². The Morgan fingerprint density at radius 3 is 2.24 bits per heavy atom. The highest BCUT2D eigenvalue weighted by Gasteiger charge is 2.36. The summed E-state index contributed by atoms with van der Waals surface area (Å²) in [4.78, 5) is 28.7. The number of carbonyl (C=O) groups is 2. The molecule has 0 aliphatic carbocycles. The minimum Gasteiger partial charge on any atom is -0.367 e. The maximum atomic E-state index is 13.2. The van der Waals surface area contributed by atoms with Gasteiger partial charge >= 0.3 is 0 Å². The number of methoxy groups -OCH3 is 1. The molecular weight excluding hydrogens is 316 g/mol. The average Bonchev–Trinajstić information content (AvgIpc) is 2.62. The fraction of sp³-hybridized carbons (Fsp3) is 0.300. The van der Waals surface area contributed by atoms with E-state index < -0.39 is 6.10 Å². The van der Waals surface area contributed by atoms with Crippen LogP contribution >= 0.6 is 0 Å². The minimum atomic E-state index is -0.676. The van der Waals surface area contributed by atoms with Crippen molar-refractivity contribution in [2.45, 2.75) is 26.0 Å². The van der Waals surface area contributed by atoms with Crippen LogP contribution in [0.1, 0.15) is 25.5 Å². The number of ether oxygens (including phenoxy) is 1. The van der Waals surface area contributed by atoms with E-state index in [0.717, 1.165) is 16.9 Å². The van der Waals surface area contributed by atoms with Gasteiger partial charge in [0.2, 0.25) is 5.91 Å². The number of nitrogens with zero attached hydrogens (tertiary/aromatic N) is 2. The van der Waals surface area contributed by atoms with Crippen LogP contribution < -0.4 is 9.80 Å². The molecule has 2 atom stereocenters. The van der Waals surface area contributed by atoms with Gasteiger partial charge in [-0.25, -0.2) is 0 Å². The van der Waals surface area contributed by atoms with Crippen molar-refractivity contribution in [3.8, 4) is 0 Å². The van der Waals surface area contributed by atoms with E-state index in [9.17, 15) is 9.59 Å². The molecule has 5 heteroatoms. The van der Waals surface area contributed by atoms with Crippen LogP contribution in [0.2, 0.25) is 0 Å². The second-order valence-electron chi connectivity index (χ2n) is 6.20. The first-order valence-electron chi connectivity index (χ1n) is 8.32. The third kappa shape index (κ3) is 3.15. The van der Waals surface area contributed by atoms with Crippen molar-refractivity contribution in [2.24, 2.45) is 0 Å². The number of carbonyl (C=O) groups excluding carboxylic acids is 2. The highest BCUT2D eigenvalue weighted by Crippen LogP contribution is 2.37. The second kappa shape index (κ2) is 7.07. The summed E-state index contributed by atoms with van der Waals surface area (Å²) in [6.07, 6.45) is -0.676. The fourth-order valence-corrected chi connectivity index (χ4v) is 3.42. The van der Waals surface area contributed by atoms with E-state index in [0.29, 0.717) is 6.54 Å². The summed E-state index contributed by atoms with van der Waals surface area (Å²) in [5.74, 6) is -0.158. The number of anilines is 2. The van der Waals surface area contributed by atoms with Crippen LogP contribution in [0.25, 0.3) is 0 Å². The van der Waals surface area contributed by atoms with Crippen LogP contribution in [0.15, 0.2) is 54.6 Å². The van der Waals surface area contributed by atoms with Crippen molar-refractivity contribution in [1.82, 2.24) is 0 Å². The van der Waals surface area contributed by atoms with E-state index in [4.69, 9.17) is 4.74 Å². The van der Waals surface area contributed by atoms with Gasteiger partial charge in [0.15, 0.2) is 6.10 Å². The molecule has 3 rings (SSSR count). The van der Waals surface area contributed by atoms with E-state index >= 15 is 0 Å². The molecule has 2 aromatic rings. The molecule has 25 heavy (non-hydrogen) atoms. The van der Waals surface area contributed by atoms with Crippen LogP contribution in [-0.4, -0.2) is 31.5 Å². The molecule has 2 amide bonds. The number of hydrogen-bond donors (Lipinski definition) is 0. The maximum absolute atomic E-state index is 13.2. The average molecular weight is 338 g/mol. The topological polar surface area (TPSA) is 49.9 Å². The Bertz CT molecular complexity index is 776. The van der Waals surface area contributed by atoms with Gasteiger partial charge in [-0.3, -0.25) is 9.59 Å². The number of amides is 2. The van der Waals surface area contributed by atoms with Gasteiger partial charge in [-0.2, -0.15) is 0 Å². The van der Waals surface area contributed by atoms with E-state index in [1.165, 1.54) is 7.11 Å². The first-order valence-corrected chi connectivity index (χ1v) is 8.32. The van der Waals surface area contributed by atoms with Crippen molar-refractivity contribution in [3.05, 3.63) is 60.2 Å². The number of fused-ring (bicyclic) bond motifs is 1. The second-order valence-corrected chi connectivity index (χ2v) is 6.20. The molecule has 0 fully saturated rings. The predicted molar refractivity (Wildman–Crippen MR) is 97.6 cm³/mol. The van der Waals surface area contributed by atoms with Crippen molar-refractivity contribution < 1.29 is 14.3 Å². The Morgan fingerprint density at radius 2 is 1.64 bits per heavy atom. The summed E-state index contributed by atoms with van der Waals surface area (Å²) in [6.45, 7) is 3.93. The van der Waals surface area contributed by atoms with Gasteiger partial charge in [0, 0.05) is 20.6 Å². The van der Waals surface area contributed by atoms with Crippen molar-refractivity contribution >= 4 is 23.2 Å². The zero-order chi connectivity index (χ0) is 18.0. The summed E-state index contributed by atoms with van der Waals surface area (Å²) in [5, 5.41) is 0. The Morgan fingerprint density at radius 1 is 1.04 bits per heavy atom. The number of para-hydroxylation sites is 2. The predicted octanol–water partition coefficient (Wildman–Crippen LogP) is 3.16. The lowest BCUT2D eigenvalue weighted by Gasteiger charge is -2.41. The normalized spacial score (nSPS) is 17.8. The monoisotopic (exact) mass is 338 g/mol. The molecule has 0 bridgehead atoms. The number of hydrogen-bond acceptors (Lipinski definition) is 3. The summed E-state index contributed by atoms with van der Waals surface area (Å²) in [6, 6.07) is 16.8. The van der Waals surface area contributed by atoms with Gasteiger partial charge in [0.25, 0.3) is 5.91 Å². The van der Waals surface area contributed by atoms with Gasteiger partial charge < -0.3 is 14.5 Å². The third-order valence-corrected chi connectivity index (χ3v) is 4.49. The molecule has 1 aliphatic rings. The summed E-state index contributed by atoms with van der Waals surface area (Å²) >= 11 is 0. The van der Waals surface area contributed by atoms with Crippen LogP contribution in [0.3, 0.4) is 0 Å². The Labute approximate surface area is 147 Å². The molecule has 0 saturated carbocycles. The highest BCUT2D eigenvalue weighted by atomic mass is 16.5. The molecule has 2 aromatic carbocycles. The first-order chi connectivity index (χ1) is 12.0. The molecule has 0 spiro atoms. The lowest BCUT2D eigenvalue weighted by molar-refractivity contribution is -0.129. The maximum Gasteiger partial charge on any atom is 0.260 e. The molecule has 130 valence electrons. The lowest BCUT2D eigenvalue weighted by atomic mass is 10.0. The molecule has 1 aliphatic heterocycles. The number of benzene rings is 2. The van der Waals surface area contributed by atoms with Gasteiger partial charge in [-0.05, 0) is 24.6 Å². The minimum absolute atomic E-state index is 0.0293. The molecule has 0 unspecified atom stereocenters. The summed E-state index contributed by atoms with van der Waals surface area (Å²) in [7, 11) is 1.54. The Kier molecular flexibility index (Phi) is 4.86. The quantitative estimate of drug-likeness (QED) is 0.864. The molecule has 1 heterocycles. The Balaban J connectivity index is 2.00. The van der Waals surface area contributed by atoms with E-state index in [1.807, 2.05) is 61.5 Å².